The molecule has 6 aliphatic heterocycles. The minimum absolute atomic E-state index is 0. The molecule has 0 saturated carbocycles. The summed E-state index contributed by atoms with van der Waals surface area (Å²) in [5, 5.41) is 36.3. The van der Waals surface area contributed by atoms with E-state index in [0.717, 1.165) is 0 Å². The molecule has 1 aromatic heterocycles. The molecule has 31 heteroatoms. The van der Waals surface area contributed by atoms with Crippen molar-refractivity contribution in [2.24, 2.45) is 94.7 Å². The van der Waals surface area contributed by atoms with Crippen molar-refractivity contribution in [3.63, 3.8) is 0 Å². The molecule has 0 aliphatic carbocycles. The number of carbonyl (C=O) groups excluding carboxylic acids is 7. The molecular weight excluding hydrogens is 1270 g/mol. The van der Waals surface area contributed by atoms with Crippen LogP contribution in [0, 0.1) is 57.2 Å². The van der Waals surface area contributed by atoms with Crippen LogP contribution in [0.2, 0.25) is 0 Å². The number of nitrogens with one attached hydrogen (secondary N) is 1. The molecule has 15 atom stereocenters. The van der Waals surface area contributed by atoms with Crippen molar-refractivity contribution in [3.8, 4) is 5.75 Å². The van der Waals surface area contributed by atoms with Gasteiger partial charge in [0, 0.05) is 131 Å². The summed E-state index contributed by atoms with van der Waals surface area (Å²) in [7, 11) is -3.84. The summed E-state index contributed by atoms with van der Waals surface area (Å²) in [5.41, 5.74) is 34.5. The Kier molecular flexibility index (Phi) is 23.2. The molecule has 2 aromatic rings. The Bertz CT molecular complexity index is 3570. The predicted octanol–water partition coefficient (Wildman–Crippen LogP) is 2.80. The van der Waals surface area contributed by atoms with Crippen LogP contribution in [0.25, 0.3) is 16.4 Å². The van der Waals surface area contributed by atoms with E-state index in [0.29, 0.717) is 62.2 Å². The van der Waals surface area contributed by atoms with E-state index in [1.807, 2.05) is 47.6 Å². The number of hydrogen-bond donors (Lipinski definition) is 9. The Hall–Kier alpha value is -7.20. The second-order valence-corrected chi connectivity index (χ2v) is 27.7. The zero-order valence-corrected chi connectivity index (χ0v) is 55.9. The van der Waals surface area contributed by atoms with Gasteiger partial charge in [-0.05, 0) is 94.1 Å². The molecule has 93 heavy (non-hydrogen) atoms. The first-order valence-electron chi connectivity index (χ1n) is 30.4. The number of aromatic nitrogens is 2. The molecule has 511 valence electrons. The van der Waals surface area contributed by atoms with Crippen LogP contribution < -0.4 is 49.3 Å². The monoisotopic (exact) mass is 1360 g/mol. The van der Waals surface area contributed by atoms with Crippen LogP contribution in [-0.4, -0.2) is 135 Å². The summed E-state index contributed by atoms with van der Waals surface area (Å²) >= 11 is 0. The number of imidazole rings is 1. The zero-order chi connectivity index (χ0) is 68.5. The summed E-state index contributed by atoms with van der Waals surface area (Å²) in [4.78, 5) is 128. The maximum absolute atomic E-state index is 14.3. The number of allylic oxidation sites excluding steroid dienone is 6. The van der Waals surface area contributed by atoms with Gasteiger partial charge in [-0.3, -0.25) is 53.1 Å². The molecule has 7 amide bonds. The first-order chi connectivity index (χ1) is 43.0. The predicted molar refractivity (Wildman–Crippen MR) is 334 cm³/mol. The van der Waals surface area contributed by atoms with Gasteiger partial charge in [0.2, 0.25) is 41.4 Å². The number of primary amides is 6. The van der Waals surface area contributed by atoms with E-state index in [9.17, 15) is 53.2 Å². The minimum Gasteiger partial charge on any atom is -0.756 e. The van der Waals surface area contributed by atoms with Crippen molar-refractivity contribution in [3.05, 3.63) is 70.7 Å². The van der Waals surface area contributed by atoms with Crippen LogP contribution in [-0.2, 0) is 68.7 Å². The number of aliphatic hydroxyl groups excluding tert-OH is 2. The Balaban J connectivity index is 0.00000453. The Morgan fingerprint density at radius 1 is 0.839 bits per heavy atom. The summed E-state index contributed by atoms with van der Waals surface area (Å²) in [5.74, 6) is -6.92. The fraction of sp³-hybridized carbons (Fsp3) is 0.613. The van der Waals surface area contributed by atoms with Crippen molar-refractivity contribution in [2.45, 2.75) is 175 Å². The number of amides is 7. The summed E-state index contributed by atoms with van der Waals surface area (Å²) in [6.07, 6.45) is -5.00. The first kappa shape index (κ1) is 74.8. The molecule has 2 fully saturated rings. The smallest absolute Gasteiger partial charge is 0.268 e. The molecule has 6 aliphatic rings. The largest absolute Gasteiger partial charge is 0.756 e. The SMILES string of the molecule is COc1ccc2c(c1)ncn2[C@H]1O[C@H](CO)[C@@H](OP(=O)([O-])O[C@H](C)CNC(=O)CC[C@@]2(C)/C3=C(\C)C4=N/C(=C\C5=NC(=C(/C)C6=N[C@@](C)([C@H]([N-]3)[C@@H]2CC(N)=O)[C@@](C)(CC(N)=O)[C@@H]6CCC(N)=O)/[C@@](C)(CC(N)=O)[C@@H]5CCC(N)=O)C(C)(C)[C@@H]4CCC(N)=O)[C@H]1O.[C-]#N.[Co]. The average Bonchev–Trinajstić information content (AvgIpc) is 1.53. The van der Waals surface area contributed by atoms with E-state index in [-0.39, 0.29) is 94.0 Å². The number of aliphatic hydroxyl groups is 2. The normalized spacial score (nSPS) is 33.1. The van der Waals surface area contributed by atoms with Crippen LogP contribution in [0.1, 0.15) is 139 Å². The first-order valence-corrected chi connectivity index (χ1v) is 31.9. The molecule has 1 aromatic carbocycles. The number of hydrogen-bond acceptors (Lipinski definition) is 20. The fourth-order valence-corrected chi connectivity index (χ4v) is 16.3. The fourth-order valence-electron chi connectivity index (χ4n) is 15.2. The molecule has 2 saturated heterocycles. The number of benzene rings is 1. The quantitative estimate of drug-likeness (QED) is 0.0459. The van der Waals surface area contributed by atoms with Gasteiger partial charge in [0.25, 0.3) is 7.82 Å². The van der Waals surface area contributed by atoms with Crippen molar-refractivity contribution >= 4 is 77.3 Å². The minimum atomic E-state index is -5.33. The second kappa shape index (κ2) is 28.8. The van der Waals surface area contributed by atoms with E-state index in [4.69, 9.17) is 85.1 Å². The van der Waals surface area contributed by atoms with E-state index in [1.54, 1.807) is 32.0 Å². The van der Waals surface area contributed by atoms with Crippen LogP contribution >= 0.6 is 7.82 Å². The van der Waals surface area contributed by atoms with Crippen molar-refractivity contribution in [1.29, 1.82) is 5.26 Å². The molecule has 7 heterocycles. The third kappa shape index (κ3) is 14.7. The molecular formula is C62H86CoN14O15P-3. The number of fused-ring (bicyclic) bond motifs is 7. The van der Waals surface area contributed by atoms with Gasteiger partial charge in [0.15, 0.2) is 6.23 Å². The number of phosphoric acid groups is 1. The number of rotatable bonds is 27. The van der Waals surface area contributed by atoms with Gasteiger partial charge < -0.3 is 95.1 Å². The molecule has 29 nitrogen and oxygen atoms in total. The number of phosphoric ester groups is 1. The summed E-state index contributed by atoms with van der Waals surface area (Å²) < 4.78 is 37.0. The van der Waals surface area contributed by atoms with E-state index >= 15 is 0 Å². The standard InChI is InChI=1S/C61H88N13O15P.CN.Co/c1-29(88-90(84,85)89-52-40(27-75)87-56(51(52)83)74-28-69-38-21-32(86-10)11-15-39(38)74)26-68-48(82)19-20-58(6)36(22-45(65)79)55-61(9)60(8,25-47(67)81)35(14-18-44(64)78)50(73-61)31(3)54-59(7,24-46(66)80)33(12-16-42(62)76)37(70-54)23-41-57(4,5)34(13-17-43(63)77)49(71-41)30(2)53(58)72-55;1-2;/h11,15,21,23,28-29,33-36,40,51-52,55-56,75,83H,12-14,16-20,22,24-27H2,1-10H3,(H15,62,63,64,65,66,67,68,70,71,72,73,76,77,78,79,80,81,82,84,85);;/q;-1;/p-2/t29-,33-,34-,35-,36+,40-,51-,52-,55-,56+,58-,59+,60+,61+;;/m1../s1. The molecule has 15 N–H and O–H groups in total. The van der Waals surface area contributed by atoms with Crippen LogP contribution in [0.5, 0.6) is 5.75 Å². The van der Waals surface area contributed by atoms with Crippen LogP contribution in [0.15, 0.2) is 73.8 Å². The van der Waals surface area contributed by atoms with Gasteiger partial charge in [0.05, 0.1) is 48.4 Å². The molecule has 8 rings (SSSR count). The second-order valence-electron chi connectivity index (χ2n) is 26.4. The van der Waals surface area contributed by atoms with Gasteiger partial charge in [-0.15, -0.1) is 0 Å². The Labute approximate surface area is 550 Å². The van der Waals surface area contributed by atoms with Gasteiger partial charge in [-0.25, -0.2) is 4.98 Å². The summed E-state index contributed by atoms with van der Waals surface area (Å²) in [6.45, 7) is 19.8. The number of aliphatic imine (C=N–C) groups is 3. The van der Waals surface area contributed by atoms with Gasteiger partial charge in [-0.2, -0.15) is 5.70 Å². The van der Waals surface area contributed by atoms with Crippen molar-refractivity contribution in [2.75, 3.05) is 20.3 Å². The molecule has 8 bridgehead atoms. The Morgan fingerprint density at radius 3 is 2.01 bits per heavy atom. The average molecular weight is 1360 g/mol. The van der Waals surface area contributed by atoms with E-state index < -0.39 is 143 Å². The molecule has 1 radical (unpaired) electrons. The number of nitrogens with two attached hydrogens (primary N) is 6. The Morgan fingerprint density at radius 2 is 1.44 bits per heavy atom. The number of carbonyl (C=O) groups is 7. The van der Waals surface area contributed by atoms with Gasteiger partial charge in [-0.1, -0.05) is 40.7 Å². The van der Waals surface area contributed by atoms with Crippen LogP contribution in [0.3, 0.4) is 0 Å². The maximum atomic E-state index is 14.3. The molecule has 1 unspecified atom stereocenters. The van der Waals surface area contributed by atoms with Crippen molar-refractivity contribution in [1.82, 2.24) is 14.9 Å². The number of ether oxygens (including phenoxy) is 2. The maximum Gasteiger partial charge on any atom is 0.268 e. The van der Waals surface area contributed by atoms with Crippen molar-refractivity contribution < 1.29 is 88.5 Å². The molecule has 0 spiro atoms. The van der Waals surface area contributed by atoms with Gasteiger partial charge in [0.1, 0.15) is 24.1 Å². The topological polar surface area (TPSA) is 498 Å². The third-order valence-corrected chi connectivity index (χ3v) is 21.2. The number of methoxy groups -OCH3 is 1. The van der Waals surface area contributed by atoms with E-state index in [1.165, 1.54) is 24.9 Å². The number of nitrogens with zero attached hydrogens (tertiary/aromatic N) is 7. The zero-order valence-electron chi connectivity index (χ0n) is 53.9. The van der Waals surface area contributed by atoms with E-state index in [2.05, 4.69) is 10.3 Å². The summed E-state index contributed by atoms with van der Waals surface area (Å²) in [6, 6.07) is 3.94. The van der Waals surface area contributed by atoms with Crippen LogP contribution in [0.4, 0.5) is 0 Å². The van der Waals surface area contributed by atoms with Gasteiger partial charge >= 0.3 is 0 Å². The third-order valence-electron chi connectivity index (χ3n) is 20.1.